The van der Waals surface area contributed by atoms with E-state index < -0.39 is 0 Å². The molecular formula is C9H13Cl2N3OS. The van der Waals surface area contributed by atoms with Gasteiger partial charge in [0.15, 0.2) is 5.16 Å². The fraction of sp³-hybridized carbons (Fsp3) is 0.556. The first-order valence-electron chi connectivity index (χ1n) is 4.74. The summed E-state index contributed by atoms with van der Waals surface area (Å²) in [6.45, 7) is 1.87. The minimum atomic E-state index is 0. The molecule has 0 radical (unpaired) electrons. The standard InChI is InChI=1S/C9H12ClN3OS.ClH/c1-15-9-12-7(10)4-8(13-9)14-6-2-3-11-5-6;/h4,6,11H,2-3,5H2,1H3;1H/t6-;/m0./s1. The summed E-state index contributed by atoms with van der Waals surface area (Å²) in [5, 5.41) is 4.30. The van der Waals surface area contributed by atoms with Gasteiger partial charge >= 0.3 is 0 Å². The molecule has 1 aromatic rings. The van der Waals surface area contributed by atoms with Crippen LogP contribution in [0.2, 0.25) is 5.15 Å². The van der Waals surface area contributed by atoms with Gasteiger partial charge in [-0.05, 0) is 19.2 Å². The van der Waals surface area contributed by atoms with E-state index in [0.29, 0.717) is 16.2 Å². The Bertz CT molecular complexity index is 348. The number of halogens is 2. The quantitative estimate of drug-likeness (QED) is 0.522. The average molecular weight is 282 g/mol. The van der Waals surface area contributed by atoms with E-state index in [2.05, 4.69) is 15.3 Å². The Morgan fingerprint density at radius 3 is 3.00 bits per heavy atom. The third kappa shape index (κ3) is 3.66. The van der Waals surface area contributed by atoms with E-state index in [1.165, 1.54) is 11.8 Å². The first kappa shape index (κ1) is 13.8. The second-order valence-electron chi connectivity index (χ2n) is 3.25. The van der Waals surface area contributed by atoms with Gasteiger partial charge < -0.3 is 10.1 Å². The fourth-order valence-electron chi connectivity index (χ4n) is 1.43. The molecular weight excluding hydrogens is 269 g/mol. The number of thioether (sulfide) groups is 1. The molecule has 1 fully saturated rings. The van der Waals surface area contributed by atoms with E-state index in [4.69, 9.17) is 16.3 Å². The number of rotatable bonds is 3. The topological polar surface area (TPSA) is 47.0 Å². The third-order valence-corrected chi connectivity index (χ3v) is 2.88. The highest BCUT2D eigenvalue weighted by Crippen LogP contribution is 2.20. The summed E-state index contributed by atoms with van der Waals surface area (Å²) in [5.41, 5.74) is 0. The normalized spacial score (nSPS) is 19.2. The molecule has 0 aromatic carbocycles. The Kier molecular flexibility index (Phi) is 5.61. The molecule has 2 rings (SSSR count). The second-order valence-corrected chi connectivity index (χ2v) is 4.41. The van der Waals surface area contributed by atoms with Crippen molar-refractivity contribution in [3.8, 4) is 5.88 Å². The zero-order chi connectivity index (χ0) is 10.7. The third-order valence-electron chi connectivity index (χ3n) is 2.14. The predicted octanol–water partition coefficient (Wildman–Crippen LogP) is 2.01. The van der Waals surface area contributed by atoms with E-state index in [1.54, 1.807) is 6.07 Å². The van der Waals surface area contributed by atoms with Gasteiger partial charge in [0.05, 0.1) is 0 Å². The first-order valence-corrected chi connectivity index (χ1v) is 6.34. The zero-order valence-electron chi connectivity index (χ0n) is 8.77. The van der Waals surface area contributed by atoms with Crippen LogP contribution in [0.3, 0.4) is 0 Å². The van der Waals surface area contributed by atoms with Crippen LogP contribution >= 0.6 is 35.8 Å². The predicted molar refractivity (Wildman–Crippen MR) is 68.0 cm³/mol. The van der Waals surface area contributed by atoms with E-state index in [0.717, 1.165) is 19.5 Å². The Morgan fingerprint density at radius 1 is 1.56 bits per heavy atom. The van der Waals surface area contributed by atoms with Crippen LogP contribution in [-0.2, 0) is 0 Å². The number of hydrogen-bond donors (Lipinski definition) is 1. The van der Waals surface area contributed by atoms with Crippen molar-refractivity contribution >= 4 is 35.8 Å². The molecule has 0 bridgehead atoms. The SMILES string of the molecule is CSc1nc(Cl)cc(O[C@H]2CCNC2)n1.Cl. The van der Waals surface area contributed by atoms with E-state index in [9.17, 15) is 0 Å². The number of hydrogen-bond acceptors (Lipinski definition) is 5. The smallest absolute Gasteiger partial charge is 0.219 e. The maximum Gasteiger partial charge on any atom is 0.219 e. The lowest BCUT2D eigenvalue weighted by molar-refractivity contribution is 0.212. The Balaban J connectivity index is 0.00000128. The lowest BCUT2D eigenvalue weighted by Gasteiger charge is -2.11. The lowest BCUT2D eigenvalue weighted by Crippen LogP contribution is -2.20. The summed E-state index contributed by atoms with van der Waals surface area (Å²) < 4.78 is 5.69. The zero-order valence-corrected chi connectivity index (χ0v) is 11.2. The van der Waals surface area contributed by atoms with Crippen LogP contribution in [0.25, 0.3) is 0 Å². The summed E-state index contributed by atoms with van der Waals surface area (Å²) in [6, 6.07) is 1.65. The number of aromatic nitrogens is 2. The van der Waals surface area contributed by atoms with Crippen LogP contribution in [0.5, 0.6) is 5.88 Å². The van der Waals surface area contributed by atoms with Gasteiger partial charge in [-0.1, -0.05) is 23.4 Å². The van der Waals surface area contributed by atoms with Crippen LogP contribution in [0.1, 0.15) is 6.42 Å². The first-order chi connectivity index (χ1) is 7.28. The van der Waals surface area contributed by atoms with E-state index >= 15 is 0 Å². The molecule has 0 amide bonds. The van der Waals surface area contributed by atoms with Gasteiger partial charge in [-0.15, -0.1) is 12.4 Å². The van der Waals surface area contributed by atoms with Gasteiger partial charge in [0, 0.05) is 12.6 Å². The highest BCUT2D eigenvalue weighted by atomic mass is 35.5. The Labute approximate surface area is 110 Å². The van der Waals surface area contributed by atoms with Crippen molar-refractivity contribution in [3.05, 3.63) is 11.2 Å². The summed E-state index contributed by atoms with van der Waals surface area (Å²) in [5.74, 6) is 0.563. The molecule has 4 nitrogen and oxygen atoms in total. The highest BCUT2D eigenvalue weighted by Gasteiger charge is 2.17. The van der Waals surface area contributed by atoms with Gasteiger partial charge in [0.1, 0.15) is 11.3 Å². The maximum absolute atomic E-state index is 5.85. The Hall–Kier alpha value is -0.230. The van der Waals surface area contributed by atoms with Crippen molar-refractivity contribution in [2.45, 2.75) is 17.7 Å². The second kappa shape index (κ2) is 6.49. The van der Waals surface area contributed by atoms with E-state index in [-0.39, 0.29) is 18.5 Å². The molecule has 0 spiro atoms. The minimum Gasteiger partial charge on any atom is -0.473 e. The largest absolute Gasteiger partial charge is 0.473 e. The maximum atomic E-state index is 5.85. The van der Waals surface area contributed by atoms with Crippen molar-refractivity contribution < 1.29 is 4.74 Å². The number of ether oxygens (including phenoxy) is 1. The van der Waals surface area contributed by atoms with Crippen LogP contribution in [0.15, 0.2) is 11.2 Å². The molecule has 0 saturated carbocycles. The molecule has 1 aromatic heterocycles. The van der Waals surface area contributed by atoms with Gasteiger partial charge in [-0.25, -0.2) is 4.98 Å². The van der Waals surface area contributed by atoms with Gasteiger partial charge in [-0.3, -0.25) is 0 Å². The molecule has 7 heteroatoms. The van der Waals surface area contributed by atoms with Crippen LogP contribution in [-0.4, -0.2) is 35.4 Å². The molecule has 1 atom stereocenters. The molecule has 0 aliphatic carbocycles. The fourth-order valence-corrected chi connectivity index (χ4v) is 2.02. The molecule has 16 heavy (non-hydrogen) atoms. The van der Waals surface area contributed by atoms with E-state index in [1.807, 2.05) is 6.26 Å². The van der Waals surface area contributed by atoms with Gasteiger partial charge in [-0.2, -0.15) is 4.98 Å². The van der Waals surface area contributed by atoms with Crippen LogP contribution in [0.4, 0.5) is 0 Å². The summed E-state index contributed by atoms with van der Waals surface area (Å²) in [7, 11) is 0. The highest BCUT2D eigenvalue weighted by molar-refractivity contribution is 7.98. The minimum absolute atomic E-state index is 0. The lowest BCUT2D eigenvalue weighted by atomic mass is 10.3. The van der Waals surface area contributed by atoms with Gasteiger partial charge in [0.2, 0.25) is 5.88 Å². The molecule has 1 N–H and O–H groups in total. The summed E-state index contributed by atoms with van der Waals surface area (Å²) >= 11 is 7.31. The van der Waals surface area contributed by atoms with Crippen molar-refractivity contribution in [1.29, 1.82) is 0 Å². The van der Waals surface area contributed by atoms with Crippen molar-refractivity contribution in [1.82, 2.24) is 15.3 Å². The number of nitrogens with one attached hydrogen (secondary N) is 1. The monoisotopic (exact) mass is 281 g/mol. The van der Waals surface area contributed by atoms with Gasteiger partial charge in [0.25, 0.3) is 0 Å². The average Bonchev–Trinajstić information content (AvgIpc) is 2.69. The number of nitrogens with zero attached hydrogens (tertiary/aromatic N) is 2. The molecule has 1 aliphatic heterocycles. The summed E-state index contributed by atoms with van der Waals surface area (Å²) in [4.78, 5) is 8.28. The molecule has 2 heterocycles. The molecule has 1 aliphatic rings. The molecule has 90 valence electrons. The Morgan fingerprint density at radius 2 is 2.38 bits per heavy atom. The van der Waals surface area contributed by atoms with Crippen molar-refractivity contribution in [3.63, 3.8) is 0 Å². The molecule has 0 unspecified atom stereocenters. The van der Waals surface area contributed by atoms with Crippen molar-refractivity contribution in [2.75, 3.05) is 19.3 Å². The van der Waals surface area contributed by atoms with Crippen molar-refractivity contribution in [2.24, 2.45) is 0 Å². The molecule has 1 saturated heterocycles. The van der Waals surface area contributed by atoms with Crippen LogP contribution < -0.4 is 10.1 Å². The van der Waals surface area contributed by atoms with Crippen LogP contribution in [0, 0.1) is 0 Å². The summed E-state index contributed by atoms with van der Waals surface area (Å²) in [6.07, 6.45) is 3.12.